The number of phenolic OH excluding ortho intramolecular Hbond substituents is 1. The third-order valence-corrected chi connectivity index (χ3v) is 5.01. The fourth-order valence-electron chi connectivity index (χ4n) is 3.76. The predicted molar refractivity (Wildman–Crippen MR) is 95.5 cm³/mol. The molecule has 0 amide bonds. The summed E-state index contributed by atoms with van der Waals surface area (Å²) in [5.41, 5.74) is 2.32. The van der Waals surface area contributed by atoms with Crippen LogP contribution in [0.5, 0.6) is 23.0 Å². The van der Waals surface area contributed by atoms with Gasteiger partial charge in [0.2, 0.25) is 0 Å². The number of aromatic hydroxyl groups is 1. The molecule has 25 heavy (non-hydrogen) atoms. The molecule has 0 fully saturated rings. The second-order valence-corrected chi connectivity index (χ2v) is 6.26. The number of nitrogens with zero attached hydrogens (tertiary/aromatic N) is 1. The van der Waals surface area contributed by atoms with Crippen molar-refractivity contribution < 1.29 is 19.3 Å². The summed E-state index contributed by atoms with van der Waals surface area (Å²) in [7, 11) is 4.88. The summed E-state index contributed by atoms with van der Waals surface area (Å²) in [6, 6.07) is 7.82. The van der Waals surface area contributed by atoms with Crippen LogP contribution in [-0.4, -0.2) is 37.9 Å². The van der Waals surface area contributed by atoms with Crippen molar-refractivity contribution in [3.8, 4) is 23.0 Å². The van der Waals surface area contributed by atoms with E-state index < -0.39 is 0 Å². The summed E-state index contributed by atoms with van der Waals surface area (Å²) in [5.74, 6) is 2.18. The van der Waals surface area contributed by atoms with Gasteiger partial charge in [-0.2, -0.15) is 0 Å². The van der Waals surface area contributed by atoms with Gasteiger partial charge < -0.3 is 24.2 Å². The lowest BCUT2D eigenvalue weighted by Gasteiger charge is -2.37. The van der Waals surface area contributed by atoms with Gasteiger partial charge in [-0.05, 0) is 47.0 Å². The molecule has 5 nitrogen and oxygen atoms in total. The van der Waals surface area contributed by atoms with Crippen molar-refractivity contribution >= 4 is 12.3 Å². The van der Waals surface area contributed by atoms with E-state index in [-0.39, 0.29) is 11.8 Å². The van der Waals surface area contributed by atoms with Gasteiger partial charge in [0.05, 0.1) is 27.4 Å². The second-order valence-electron chi connectivity index (χ2n) is 6.26. The maximum Gasteiger partial charge on any atom is 0.169 e. The molecule has 2 aromatic rings. The first kappa shape index (κ1) is 15.7. The van der Waals surface area contributed by atoms with Crippen molar-refractivity contribution in [2.75, 3.05) is 27.9 Å². The SMILES string of the molecule is COc1cc2c(cc1O)C1C=c3ccc(OC)c(OC)c3=CN1CC2. The Morgan fingerprint density at radius 2 is 1.84 bits per heavy atom. The highest BCUT2D eigenvalue weighted by Gasteiger charge is 2.28. The monoisotopic (exact) mass is 339 g/mol. The summed E-state index contributed by atoms with van der Waals surface area (Å²) >= 11 is 0. The number of rotatable bonds is 3. The first-order chi connectivity index (χ1) is 12.2. The van der Waals surface area contributed by atoms with E-state index in [0.717, 1.165) is 40.5 Å². The van der Waals surface area contributed by atoms with Gasteiger partial charge in [0, 0.05) is 18.0 Å². The van der Waals surface area contributed by atoms with Crippen molar-refractivity contribution in [3.63, 3.8) is 0 Å². The van der Waals surface area contributed by atoms with Gasteiger partial charge in [-0.25, -0.2) is 0 Å². The zero-order valence-electron chi connectivity index (χ0n) is 14.6. The predicted octanol–water partition coefficient (Wildman–Crippen LogP) is 1.55. The molecule has 0 bridgehead atoms. The van der Waals surface area contributed by atoms with Crippen LogP contribution in [-0.2, 0) is 6.42 Å². The van der Waals surface area contributed by atoms with E-state index in [1.807, 2.05) is 24.3 Å². The van der Waals surface area contributed by atoms with Gasteiger partial charge in [-0.3, -0.25) is 0 Å². The normalized spacial score (nSPS) is 17.4. The average molecular weight is 339 g/mol. The molecule has 4 rings (SSSR count). The molecule has 1 N–H and O–H groups in total. The summed E-state index contributed by atoms with van der Waals surface area (Å²) in [6.45, 7) is 0.891. The molecule has 0 aliphatic carbocycles. The number of fused-ring (bicyclic) bond motifs is 4. The van der Waals surface area contributed by atoms with Gasteiger partial charge in [0.25, 0.3) is 0 Å². The molecule has 2 aliphatic heterocycles. The lowest BCUT2D eigenvalue weighted by molar-refractivity contribution is 0.333. The van der Waals surface area contributed by atoms with Crippen molar-refractivity contribution in [3.05, 3.63) is 45.8 Å². The molecule has 0 saturated carbocycles. The van der Waals surface area contributed by atoms with Crippen LogP contribution < -0.4 is 24.6 Å². The molecule has 0 aromatic heterocycles. The van der Waals surface area contributed by atoms with Gasteiger partial charge in [0.1, 0.15) is 0 Å². The van der Waals surface area contributed by atoms with E-state index in [0.29, 0.717) is 5.75 Å². The van der Waals surface area contributed by atoms with Crippen LogP contribution in [0.25, 0.3) is 12.3 Å². The molecule has 0 spiro atoms. The van der Waals surface area contributed by atoms with E-state index in [9.17, 15) is 5.11 Å². The highest BCUT2D eigenvalue weighted by molar-refractivity contribution is 5.58. The van der Waals surface area contributed by atoms with Gasteiger partial charge >= 0.3 is 0 Å². The zero-order valence-corrected chi connectivity index (χ0v) is 14.6. The molecular weight excluding hydrogens is 318 g/mol. The minimum absolute atomic E-state index is 0.0890. The Labute approximate surface area is 146 Å². The van der Waals surface area contributed by atoms with Crippen molar-refractivity contribution in [1.82, 2.24) is 4.90 Å². The van der Waals surface area contributed by atoms with Crippen LogP contribution in [0.1, 0.15) is 17.2 Å². The highest BCUT2D eigenvalue weighted by atomic mass is 16.5. The van der Waals surface area contributed by atoms with Crippen molar-refractivity contribution in [2.45, 2.75) is 12.5 Å². The topological polar surface area (TPSA) is 51.2 Å². The molecule has 2 aliphatic rings. The van der Waals surface area contributed by atoms with E-state index in [2.05, 4.69) is 17.2 Å². The van der Waals surface area contributed by atoms with Crippen molar-refractivity contribution in [2.24, 2.45) is 0 Å². The Hall–Kier alpha value is -2.82. The number of hydrogen-bond donors (Lipinski definition) is 1. The van der Waals surface area contributed by atoms with Crippen LogP contribution in [0.3, 0.4) is 0 Å². The lowest BCUT2D eigenvalue weighted by atomic mass is 9.90. The third kappa shape index (κ3) is 2.38. The molecule has 2 heterocycles. The maximum atomic E-state index is 10.2. The van der Waals surface area contributed by atoms with Gasteiger partial charge in [-0.1, -0.05) is 6.07 Å². The van der Waals surface area contributed by atoms with E-state index in [1.165, 1.54) is 5.56 Å². The van der Waals surface area contributed by atoms with Gasteiger partial charge in [-0.15, -0.1) is 0 Å². The maximum absolute atomic E-state index is 10.2. The Bertz CT molecular complexity index is 951. The minimum Gasteiger partial charge on any atom is -0.504 e. The average Bonchev–Trinajstić information content (AvgIpc) is 2.65. The molecule has 0 radical (unpaired) electrons. The standard InChI is InChI=1S/C20H21NO4/c1-23-18-5-4-12-8-16-14-10-17(22)19(24-2)9-13(14)6-7-21(16)11-15(12)20(18)25-3/h4-5,8-11,16,22H,6-7H2,1-3H3. The van der Waals surface area contributed by atoms with Crippen LogP contribution in [0, 0.1) is 0 Å². The fourth-order valence-corrected chi connectivity index (χ4v) is 3.76. The Kier molecular flexibility index (Phi) is 3.71. The number of methoxy groups -OCH3 is 3. The van der Waals surface area contributed by atoms with E-state index >= 15 is 0 Å². The van der Waals surface area contributed by atoms with E-state index in [1.54, 1.807) is 21.3 Å². The van der Waals surface area contributed by atoms with E-state index in [4.69, 9.17) is 14.2 Å². The van der Waals surface area contributed by atoms with Gasteiger partial charge in [0.15, 0.2) is 23.0 Å². The highest BCUT2D eigenvalue weighted by Crippen LogP contribution is 2.39. The van der Waals surface area contributed by atoms with Crippen LogP contribution in [0.4, 0.5) is 0 Å². The van der Waals surface area contributed by atoms with Crippen LogP contribution in [0.2, 0.25) is 0 Å². The second kappa shape index (κ2) is 5.92. The summed E-state index contributed by atoms with van der Waals surface area (Å²) in [5, 5.41) is 12.3. The molecule has 130 valence electrons. The number of ether oxygens (including phenoxy) is 3. The first-order valence-corrected chi connectivity index (χ1v) is 8.26. The molecule has 1 atom stereocenters. The number of hydrogen-bond acceptors (Lipinski definition) is 5. The van der Waals surface area contributed by atoms with Crippen LogP contribution in [0.15, 0.2) is 24.3 Å². The summed E-state index contributed by atoms with van der Waals surface area (Å²) in [6.07, 6.45) is 5.24. The number of benzene rings is 2. The van der Waals surface area contributed by atoms with Crippen LogP contribution >= 0.6 is 0 Å². The molecule has 0 saturated heterocycles. The minimum atomic E-state index is 0.0890. The Morgan fingerprint density at radius 1 is 1.04 bits per heavy atom. The quantitative estimate of drug-likeness (QED) is 0.920. The zero-order chi connectivity index (χ0) is 17.6. The largest absolute Gasteiger partial charge is 0.504 e. The lowest BCUT2D eigenvalue weighted by Crippen LogP contribution is -2.41. The first-order valence-electron chi connectivity index (χ1n) is 8.26. The fraction of sp³-hybridized carbons (Fsp3) is 0.300. The summed E-state index contributed by atoms with van der Waals surface area (Å²) in [4.78, 5) is 2.28. The van der Waals surface area contributed by atoms with Crippen molar-refractivity contribution in [1.29, 1.82) is 0 Å². The Morgan fingerprint density at radius 3 is 2.56 bits per heavy atom. The molecule has 5 heteroatoms. The Balaban J connectivity index is 1.89. The molecule has 1 unspecified atom stereocenters. The third-order valence-electron chi connectivity index (χ3n) is 5.01. The molecular formula is C20H21NO4. The number of phenols is 1. The smallest absolute Gasteiger partial charge is 0.169 e. The molecule has 2 aromatic carbocycles. The summed E-state index contributed by atoms with van der Waals surface area (Å²) < 4.78 is 16.2.